The van der Waals surface area contributed by atoms with Gasteiger partial charge in [0.25, 0.3) is 0 Å². The van der Waals surface area contributed by atoms with Crippen molar-refractivity contribution in [2.45, 2.75) is 39.8 Å². The Bertz CT molecular complexity index is 545. The average molecular weight is 258 g/mol. The molecule has 0 aliphatic rings. The molecule has 0 saturated heterocycles. The molecule has 1 atom stereocenters. The zero-order valence-electron chi connectivity index (χ0n) is 11.9. The van der Waals surface area contributed by atoms with Crippen LogP contribution in [0.15, 0.2) is 30.5 Å². The van der Waals surface area contributed by atoms with Crippen molar-refractivity contribution in [1.82, 2.24) is 15.2 Å². The summed E-state index contributed by atoms with van der Waals surface area (Å²) in [5.74, 6) is 5.76. The summed E-state index contributed by atoms with van der Waals surface area (Å²) >= 11 is 0. The van der Waals surface area contributed by atoms with Gasteiger partial charge in [0.15, 0.2) is 0 Å². The Morgan fingerprint density at radius 3 is 2.68 bits per heavy atom. The van der Waals surface area contributed by atoms with Crippen molar-refractivity contribution < 1.29 is 0 Å². The maximum atomic E-state index is 5.76. The molecule has 0 radical (unpaired) electrons. The monoisotopic (exact) mass is 258 g/mol. The molecule has 0 aliphatic heterocycles. The van der Waals surface area contributed by atoms with Gasteiger partial charge in [0.2, 0.25) is 0 Å². The van der Waals surface area contributed by atoms with Crippen LogP contribution in [-0.2, 0) is 6.54 Å². The predicted molar refractivity (Wildman–Crippen MR) is 77.6 cm³/mol. The normalized spacial score (nSPS) is 12.6. The third-order valence-electron chi connectivity index (χ3n) is 3.51. The Balaban J connectivity index is 2.38. The standard InChI is InChI=1S/C15H22N4/c1-4-9-19-14(7-8-17-19)15(18-16)13-6-5-11(2)12(3)10-13/h5-8,10,15,18H,4,9,16H2,1-3H3. The van der Waals surface area contributed by atoms with Crippen molar-refractivity contribution in [3.05, 3.63) is 52.8 Å². The fourth-order valence-electron chi connectivity index (χ4n) is 2.28. The number of aryl methyl sites for hydroxylation is 3. The SMILES string of the molecule is CCCn1nccc1C(NN)c1ccc(C)c(C)c1. The summed E-state index contributed by atoms with van der Waals surface area (Å²) in [5.41, 5.74) is 7.75. The van der Waals surface area contributed by atoms with Gasteiger partial charge in [-0.25, -0.2) is 5.43 Å². The van der Waals surface area contributed by atoms with Crippen LogP contribution in [0.2, 0.25) is 0 Å². The van der Waals surface area contributed by atoms with E-state index in [1.54, 1.807) is 0 Å². The van der Waals surface area contributed by atoms with E-state index in [2.05, 4.69) is 49.5 Å². The predicted octanol–water partition coefficient (Wildman–Crippen LogP) is 2.46. The number of nitrogens with zero attached hydrogens (tertiary/aromatic N) is 2. The van der Waals surface area contributed by atoms with E-state index in [-0.39, 0.29) is 6.04 Å². The second-order valence-corrected chi connectivity index (χ2v) is 4.92. The molecule has 1 aromatic heterocycles. The molecule has 0 saturated carbocycles. The highest BCUT2D eigenvalue weighted by Crippen LogP contribution is 2.23. The summed E-state index contributed by atoms with van der Waals surface area (Å²) in [7, 11) is 0. The van der Waals surface area contributed by atoms with Gasteiger partial charge >= 0.3 is 0 Å². The molecule has 2 rings (SSSR count). The first-order valence-corrected chi connectivity index (χ1v) is 6.72. The second kappa shape index (κ2) is 5.99. The van der Waals surface area contributed by atoms with Gasteiger partial charge in [-0.15, -0.1) is 0 Å². The van der Waals surface area contributed by atoms with Crippen molar-refractivity contribution in [2.75, 3.05) is 0 Å². The molecule has 0 bridgehead atoms. The molecule has 19 heavy (non-hydrogen) atoms. The van der Waals surface area contributed by atoms with Gasteiger partial charge in [-0.2, -0.15) is 5.10 Å². The van der Waals surface area contributed by atoms with Gasteiger partial charge in [0, 0.05) is 12.7 Å². The summed E-state index contributed by atoms with van der Waals surface area (Å²) in [6, 6.07) is 8.44. The zero-order chi connectivity index (χ0) is 13.8. The number of hydrogen-bond acceptors (Lipinski definition) is 3. The van der Waals surface area contributed by atoms with Crippen LogP contribution in [0.1, 0.15) is 41.8 Å². The molecular formula is C15H22N4. The Morgan fingerprint density at radius 1 is 1.26 bits per heavy atom. The topological polar surface area (TPSA) is 55.9 Å². The molecule has 0 spiro atoms. The highest BCUT2D eigenvalue weighted by atomic mass is 15.3. The summed E-state index contributed by atoms with van der Waals surface area (Å²) in [4.78, 5) is 0. The lowest BCUT2D eigenvalue weighted by Crippen LogP contribution is -2.30. The van der Waals surface area contributed by atoms with Gasteiger partial charge < -0.3 is 0 Å². The Hall–Kier alpha value is -1.65. The molecule has 3 N–H and O–H groups in total. The minimum Gasteiger partial charge on any atom is -0.271 e. The van der Waals surface area contributed by atoms with Crippen LogP contribution in [0.5, 0.6) is 0 Å². The molecular weight excluding hydrogens is 236 g/mol. The fraction of sp³-hybridized carbons (Fsp3) is 0.400. The number of nitrogens with two attached hydrogens (primary N) is 1. The van der Waals surface area contributed by atoms with Crippen LogP contribution >= 0.6 is 0 Å². The number of aromatic nitrogens is 2. The average Bonchev–Trinajstić information content (AvgIpc) is 2.83. The lowest BCUT2D eigenvalue weighted by molar-refractivity contribution is 0.521. The molecule has 0 fully saturated rings. The van der Waals surface area contributed by atoms with Crippen LogP contribution in [0, 0.1) is 13.8 Å². The Morgan fingerprint density at radius 2 is 2.05 bits per heavy atom. The van der Waals surface area contributed by atoms with E-state index in [0.29, 0.717) is 0 Å². The molecule has 1 aromatic carbocycles. The minimum atomic E-state index is -0.0200. The van der Waals surface area contributed by atoms with E-state index in [1.165, 1.54) is 16.7 Å². The van der Waals surface area contributed by atoms with E-state index in [0.717, 1.165) is 18.7 Å². The molecule has 0 aliphatic carbocycles. The van der Waals surface area contributed by atoms with Gasteiger partial charge in [-0.3, -0.25) is 10.5 Å². The van der Waals surface area contributed by atoms with Crippen LogP contribution in [0.4, 0.5) is 0 Å². The molecule has 1 unspecified atom stereocenters. The number of hydrazine groups is 1. The first kappa shape index (κ1) is 13.8. The minimum absolute atomic E-state index is 0.0200. The van der Waals surface area contributed by atoms with Crippen molar-refractivity contribution in [1.29, 1.82) is 0 Å². The first-order valence-electron chi connectivity index (χ1n) is 6.72. The highest BCUT2D eigenvalue weighted by Gasteiger charge is 2.17. The van der Waals surface area contributed by atoms with Crippen molar-refractivity contribution in [2.24, 2.45) is 5.84 Å². The maximum absolute atomic E-state index is 5.76. The number of hydrogen-bond donors (Lipinski definition) is 2. The zero-order valence-corrected chi connectivity index (χ0v) is 11.9. The van der Waals surface area contributed by atoms with Crippen molar-refractivity contribution in [3.8, 4) is 0 Å². The number of rotatable bonds is 5. The second-order valence-electron chi connectivity index (χ2n) is 4.92. The van der Waals surface area contributed by atoms with E-state index in [4.69, 9.17) is 5.84 Å². The molecule has 102 valence electrons. The van der Waals surface area contributed by atoms with Crippen LogP contribution in [0.3, 0.4) is 0 Å². The summed E-state index contributed by atoms with van der Waals surface area (Å²) in [6.45, 7) is 7.29. The molecule has 0 amide bonds. The summed E-state index contributed by atoms with van der Waals surface area (Å²) in [5, 5.41) is 4.36. The van der Waals surface area contributed by atoms with Gasteiger partial charge in [0.05, 0.1) is 11.7 Å². The highest BCUT2D eigenvalue weighted by molar-refractivity contribution is 5.35. The smallest absolute Gasteiger partial charge is 0.0878 e. The molecule has 2 aromatic rings. The van der Waals surface area contributed by atoms with Gasteiger partial charge in [0.1, 0.15) is 0 Å². The van der Waals surface area contributed by atoms with Gasteiger partial charge in [-0.1, -0.05) is 25.1 Å². The van der Waals surface area contributed by atoms with E-state index in [9.17, 15) is 0 Å². The van der Waals surface area contributed by atoms with E-state index in [1.807, 2.05) is 16.9 Å². The Kier molecular flexibility index (Phi) is 4.35. The first-order chi connectivity index (χ1) is 9.17. The number of benzene rings is 1. The molecule has 1 heterocycles. The summed E-state index contributed by atoms with van der Waals surface area (Å²) < 4.78 is 2.01. The van der Waals surface area contributed by atoms with Crippen LogP contribution in [0.25, 0.3) is 0 Å². The quantitative estimate of drug-likeness (QED) is 0.640. The molecule has 4 heteroatoms. The third-order valence-corrected chi connectivity index (χ3v) is 3.51. The maximum Gasteiger partial charge on any atom is 0.0878 e. The van der Waals surface area contributed by atoms with E-state index >= 15 is 0 Å². The lowest BCUT2D eigenvalue weighted by Gasteiger charge is -2.19. The largest absolute Gasteiger partial charge is 0.271 e. The van der Waals surface area contributed by atoms with Gasteiger partial charge in [-0.05, 0) is 43.0 Å². The molecule has 4 nitrogen and oxygen atoms in total. The third kappa shape index (κ3) is 2.85. The Labute approximate surface area is 114 Å². The van der Waals surface area contributed by atoms with Crippen LogP contribution in [-0.4, -0.2) is 9.78 Å². The van der Waals surface area contributed by atoms with Crippen LogP contribution < -0.4 is 11.3 Å². The number of nitrogens with one attached hydrogen (secondary N) is 1. The van der Waals surface area contributed by atoms with E-state index < -0.39 is 0 Å². The summed E-state index contributed by atoms with van der Waals surface area (Å²) in [6.07, 6.45) is 2.88. The van der Waals surface area contributed by atoms with Crippen molar-refractivity contribution >= 4 is 0 Å². The van der Waals surface area contributed by atoms with Crippen molar-refractivity contribution in [3.63, 3.8) is 0 Å². The fourth-order valence-corrected chi connectivity index (χ4v) is 2.28. The lowest BCUT2D eigenvalue weighted by atomic mass is 9.99.